The molecule has 2 heterocycles. The number of nitro groups is 1. The molecule has 0 spiro atoms. The summed E-state index contributed by atoms with van der Waals surface area (Å²) in [6.07, 6.45) is -5.07. The molecule has 1 aliphatic rings. The number of non-ortho nitro benzene ring substituents is 1. The molecule has 3 aromatic rings. The molecule has 0 saturated carbocycles. The Morgan fingerprint density at radius 2 is 1.68 bits per heavy atom. The van der Waals surface area contributed by atoms with E-state index in [1.165, 1.54) is 6.07 Å². The number of halogens is 3. The Hall–Kier alpha value is -4.09. The van der Waals surface area contributed by atoms with E-state index >= 15 is 0 Å². The Labute approximate surface area is 211 Å². The summed E-state index contributed by atoms with van der Waals surface area (Å²) < 4.78 is 46.6. The maximum atomic E-state index is 13.7. The van der Waals surface area contributed by atoms with Crippen LogP contribution in [0.2, 0.25) is 0 Å². The number of piperazine rings is 1. The van der Waals surface area contributed by atoms with Gasteiger partial charge in [-0.2, -0.15) is 13.2 Å². The van der Waals surface area contributed by atoms with Gasteiger partial charge in [0.15, 0.2) is 0 Å². The van der Waals surface area contributed by atoms with Crippen molar-refractivity contribution in [2.45, 2.75) is 32.5 Å². The minimum atomic E-state index is -4.72. The van der Waals surface area contributed by atoms with E-state index in [0.29, 0.717) is 31.9 Å². The molecule has 2 aromatic carbocycles. The number of anilines is 3. The predicted molar refractivity (Wildman–Crippen MR) is 133 cm³/mol. The fraction of sp³-hybridized carbons (Fsp3) is 0.360. The van der Waals surface area contributed by atoms with Gasteiger partial charge in [0.25, 0.3) is 5.69 Å². The lowest BCUT2D eigenvalue weighted by atomic mass is 10.1. The fourth-order valence-corrected chi connectivity index (χ4v) is 4.00. The van der Waals surface area contributed by atoms with Crippen molar-refractivity contribution in [2.24, 2.45) is 0 Å². The second kappa shape index (κ2) is 9.75. The van der Waals surface area contributed by atoms with E-state index < -0.39 is 28.0 Å². The first-order valence-electron chi connectivity index (χ1n) is 11.6. The monoisotopic (exact) mass is 517 g/mol. The number of benzene rings is 2. The van der Waals surface area contributed by atoms with Crippen molar-refractivity contribution in [3.8, 4) is 0 Å². The topological polar surface area (TPSA) is 101 Å². The number of nitrogens with zero attached hydrogens (tertiary/aromatic N) is 4. The third kappa shape index (κ3) is 6.19. The number of rotatable bonds is 4. The normalized spacial score (nSPS) is 14.5. The summed E-state index contributed by atoms with van der Waals surface area (Å²) in [5, 5.41) is 13.6. The molecule has 12 heteroatoms. The number of nitrogens with one attached hydrogen (secondary N) is 1. The third-order valence-corrected chi connectivity index (χ3v) is 5.74. The first-order valence-corrected chi connectivity index (χ1v) is 11.6. The van der Waals surface area contributed by atoms with E-state index in [1.807, 2.05) is 32.9 Å². The largest absolute Gasteiger partial charge is 0.444 e. The number of hydrogen-bond acceptors (Lipinski definition) is 7. The highest BCUT2D eigenvalue weighted by atomic mass is 19.4. The van der Waals surface area contributed by atoms with Crippen molar-refractivity contribution in [2.75, 3.05) is 36.4 Å². The van der Waals surface area contributed by atoms with Crippen molar-refractivity contribution >= 4 is 39.9 Å². The van der Waals surface area contributed by atoms with Gasteiger partial charge in [-0.15, -0.1) is 0 Å². The van der Waals surface area contributed by atoms with Crippen LogP contribution in [0.4, 0.5) is 40.8 Å². The number of pyridine rings is 1. The van der Waals surface area contributed by atoms with Crippen molar-refractivity contribution < 1.29 is 27.6 Å². The van der Waals surface area contributed by atoms with Gasteiger partial charge in [0, 0.05) is 55.1 Å². The van der Waals surface area contributed by atoms with Crippen LogP contribution in [0.3, 0.4) is 0 Å². The first-order chi connectivity index (χ1) is 17.3. The summed E-state index contributed by atoms with van der Waals surface area (Å²) in [6, 6.07) is 11.2. The summed E-state index contributed by atoms with van der Waals surface area (Å²) >= 11 is 0. The molecular weight excluding hydrogens is 491 g/mol. The van der Waals surface area contributed by atoms with Crippen LogP contribution in [-0.4, -0.2) is 52.7 Å². The molecule has 1 saturated heterocycles. The molecule has 1 aromatic heterocycles. The lowest BCUT2D eigenvalue weighted by Gasteiger charge is -2.36. The van der Waals surface area contributed by atoms with Crippen molar-refractivity contribution in [3.63, 3.8) is 0 Å². The molecule has 0 bridgehead atoms. The number of alkyl halides is 3. The van der Waals surface area contributed by atoms with Gasteiger partial charge in [0.05, 0.1) is 16.0 Å². The Balaban J connectivity index is 1.47. The molecule has 37 heavy (non-hydrogen) atoms. The van der Waals surface area contributed by atoms with Gasteiger partial charge in [-0.05, 0) is 57.2 Å². The molecular formula is C25H26F3N5O4. The lowest BCUT2D eigenvalue weighted by molar-refractivity contribution is -0.384. The summed E-state index contributed by atoms with van der Waals surface area (Å²) in [5.74, 6) is -0.0348. The summed E-state index contributed by atoms with van der Waals surface area (Å²) in [6.45, 7) is 7.70. The van der Waals surface area contributed by atoms with E-state index in [4.69, 9.17) is 4.74 Å². The van der Waals surface area contributed by atoms with E-state index in [-0.39, 0.29) is 22.8 Å². The van der Waals surface area contributed by atoms with Gasteiger partial charge in [0.1, 0.15) is 11.4 Å². The van der Waals surface area contributed by atoms with Gasteiger partial charge >= 0.3 is 12.3 Å². The second-order valence-corrected chi connectivity index (χ2v) is 9.64. The maximum Gasteiger partial charge on any atom is 0.417 e. The number of carbonyl (C=O) groups excluding carboxylic acids is 1. The molecule has 9 nitrogen and oxygen atoms in total. The van der Waals surface area contributed by atoms with Crippen molar-refractivity contribution in [3.05, 3.63) is 64.2 Å². The molecule has 196 valence electrons. The predicted octanol–water partition coefficient (Wildman–Crippen LogP) is 5.96. The van der Waals surface area contributed by atoms with Gasteiger partial charge < -0.3 is 19.9 Å². The molecule has 1 fully saturated rings. The van der Waals surface area contributed by atoms with Crippen molar-refractivity contribution in [1.82, 2.24) is 9.88 Å². The number of carbonyl (C=O) groups is 1. The van der Waals surface area contributed by atoms with Crippen LogP contribution in [0.15, 0.2) is 48.5 Å². The second-order valence-electron chi connectivity index (χ2n) is 9.64. The average molecular weight is 518 g/mol. The zero-order chi connectivity index (χ0) is 27.0. The number of aromatic nitrogens is 1. The van der Waals surface area contributed by atoms with E-state index in [1.54, 1.807) is 17.0 Å². The molecule has 1 N–H and O–H groups in total. The number of amides is 1. The molecule has 0 unspecified atom stereocenters. The minimum Gasteiger partial charge on any atom is -0.444 e. The maximum absolute atomic E-state index is 13.7. The van der Waals surface area contributed by atoms with E-state index in [0.717, 1.165) is 23.9 Å². The van der Waals surface area contributed by atoms with Crippen LogP contribution >= 0.6 is 0 Å². The molecule has 1 amide bonds. The van der Waals surface area contributed by atoms with E-state index in [2.05, 4.69) is 15.2 Å². The highest BCUT2D eigenvalue weighted by Gasteiger charge is 2.34. The van der Waals surface area contributed by atoms with E-state index in [9.17, 15) is 28.1 Å². The Bertz CT molecular complexity index is 1310. The standard InChI is InChI=1S/C25H26F3N5O4/c1-24(2,3)37-23(34)32-12-10-31(11-13-32)17-6-4-16(5-7-17)29-22-15-20(25(26,27)28)19-14-18(33(35)36)8-9-21(19)30-22/h4-9,14-15H,10-13H2,1-3H3,(H,29,30). The first kappa shape index (κ1) is 26.0. The van der Waals surface area contributed by atoms with Crippen LogP contribution in [0.5, 0.6) is 0 Å². The summed E-state index contributed by atoms with van der Waals surface area (Å²) in [5.41, 5.74) is -0.591. The molecule has 0 radical (unpaired) electrons. The Kier molecular flexibility index (Phi) is 6.85. The zero-order valence-electron chi connectivity index (χ0n) is 20.5. The summed E-state index contributed by atoms with van der Waals surface area (Å²) in [7, 11) is 0. The quantitative estimate of drug-likeness (QED) is 0.336. The molecule has 1 aliphatic heterocycles. The third-order valence-electron chi connectivity index (χ3n) is 5.74. The fourth-order valence-electron chi connectivity index (χ4n) is 4.00. The van der Waals surface area contributed by atoms with Gasteiger partial charge in [-0.25, -0.2) is 9.78 Å². The van der Waals surface area contributed by atoms with Crippen LogP contribution < -0.4 is 10.2 Å². The van der Waals surface area contributed by atoms with Crippen LogP contribution in [-0.2, 0) is 10.9 Å². The number of fused-ring (bicyclic) bond motifs is 1. The SMILES string of the molecule is CC(C)(C)OC(=O)N1CCN(c2ccc(Nc3cc(C(F)(F)F)c4cc([N+](=O)[O-])ccc4n3)cc2)CC1. The van der Waals surface area contributed by atoms with Crippen LogP contribution in [0.25, 0.3) is 10.9 Å². The molecule has 0 aliphatic carbocycles. The minimum absolute atomic E-state index is 0.0117. The number of nitro benzene ring substituents is 1. The van der Waals surface area contributed by atoms with Crippen LogP contribution in [0, 0.1) is 10.1 Å². The highest BCUT2D eigenvalue weighted by Crippen LogP contribution is 2.37. The molecule has 0 atom stereocenters. The van der Waals surface area contributed by atoms with Crippen molar-refractivity contribution in [1.29, 1.82) is 0 Å². The number of hydrogen-bond donors (Lipinski definition) is 1. The Morgan fingerprint density at radius 1 is 1.03 bits per heavy atom. The van der Waals surface area contributed by atoms with Crippen LogP contribution in [0.1, 0.15) is 26.3 Å². The highest BCUT2D eigenvalue weighted by molar-refractivity contribution is 5.87. The smallest absolute Gasteiger partial charge is 0.417 e. The Morgan fingerprint density at radius 3 is 2.24 bits per heavy atom. The van der Waals surface area contributed by atoms with Gasteiger partial charge in [-0.1, -0.05) is 0 Å². The zero-order valence-corrected chi connectivity index (χ0v) is 20.5. The molecule has 4 rings (SSSR count). The number of ether oxygens (including phenoxy) is 1. The lowest BCUT2D eigenvalue weighted by Crippen LogP contribution is -2.50. The average Bonchev–Trinajstić information content (AvgIpc) is 2.82. The van der Waals surface area contributed by atoms with Gasteiger partial charge in [-0.3, -0.25) is 10.1 Å². The summed E-state index contributed by atoms with van der Waals surface area (Å²) in [4.78, 5) is 30.5. The van der Waals surface area contributed by atoms with Gasteiger partial charge in [0.2, 0.25) is 0 Å².